The van der Waals surface area contributed by atoms with Gasteiger partial charge < -0.3 is 67.3 Å². The Bertz CT molecular complexity index is 498. The Balaban J connectivity index is 0. The molecule has 0 atom stereocenters. The van der Waals surface area contributed by atoms with Crippen molar-refractivity contribution in [2.75, 3.05) is 92.6 Å². The van der Waals surface area contributed by atoms with Crippen LogP contribution in [0, 0.1) is 0 Å². The summed E-state index contributed by atoms with van der Waals surface area (Å²) in [5.74, 6) is 0. The first-order valence-corrected chi connectivity index (χ1v) is 11.4. The fourth-order valence-corrected chi connectivity index (χ4v) is 3.86. The minimum atomic E-state index is 0. The molecule has 10 heteroatoms. The second kappa shape index (κ2) is 18.9. The molecular weight excluding hydrogens is 447 g/mol. The van der Waals surface area contributed by atoms with Crippen molar-refractivity contribution in [3.05, 3.63) is 35.4 Å². The highest BCUT2D eigenvalue weighted by atomic mass is 35.5. The van der Waals surface area contributed by atoms with E-state index in [9.17, 15) is 0 Å². The van der Waals surface area contributed by atoms with Crippen LogP contribution in [-0.4, -0.2) is 102 Å². The van der Waals surface area contributed by atoms with Crippen LogP contribution in [-0.2, 0) is 13.1 Å². The maximum Gasteiger partial charge on any atom is 0.0912 e. The third-order valence-corrected chi connectivity index (χ3v) is 6.01. The molecule has 0 aromatic heterocycles. The number of likely N-dealkylation sites (N-methyl/N-ethyl adjacent to an activating group) is 2. The molecule has 0 heterocycles. The van der Waals surface area contributed by atoms with Crippen LogP contribution in [0.3, 0.4) is 0 Å². The van der Waals surface area contributed by atoms with E-state index in [1.54, 1.807) is 0 Å². The second-order valence-corrected chi connectivity index (χ2v) is 8.91. The maximum absolute atomic E-state index is 5.75. The normalized spacial score (nSPS) is 11.7. The van der Waals surface area contributed by atoms with E-state index in [1.807, 2.05) is 0 Å². The van der Waals surface area contributed by atoms with Gasteiger partial charge in [0.1, 0.15) is 0 Å². The molecule has 0 saturated carbocycles. The van der Waals surface area contributed by atoms with Gasteiger partial charge in [-0.05, 0) is 11.1 Å². The fraction of sp³-hybridized carbons (Fsp3) is 0.727. The minimum Gasteiger partial charge on any atom is -1.00 e. The summed E-state index contributed by atoms with van der Waals surface area (Å²) in [5.41, 5.74) is 25.6. The molecule has 8 nitrogen and oxygen atoms in total. The van der Waals surface area contributed by atoms with E-state index in [1.165, 1.54) is 11.1 Å². The van der Waals surface area contributed by atoms with Crippen LogP contribution in [0.1, 0.15) is 11.1 Å². The molecule has 0 spiro atoms. The molecular formula is C22H48Cl2N8. The van der Waals surface area contributed by atoms with E-state index >= 15 is 0 Å². The first-order chi connectivity index (χ1) is 14.4. The average molecular weight is 496 g/mol. The molecule has 0 saturated heterocycles. The number of quaternary nitrogens is 2. The highest BCUT2D eigenvalue weighted by molar-refractivity contribution is 5.22. The van der Waals surface area contributed by atoms with Crippen LogP contribution in [0.5, 0.6) is 0 Å². The third kappa shape index (κ3) is 13.9. The van der Waals surface area contributed by atoms with E-state index in [4.69, 9.17) is 22.9 Å². The molecule has 0 aliphatic carbocycles. The molecule has 0 radical (unpaired) electrons. The lowest BCUT2D eigenvalue weighted by Gasteiger charge is -2.34. The van der Waals surface area contributed by atoms with E-state index in [0.29, 0.717) is 26.2 Å². The van der Waals surface area contributed by atoms with Gasteiger partial charge in [0.05, 0.1) is 53.4 Å². The van der Waals surface area contributed by atoms with E-state index in [2.05, 4.69) is 49.0 Å². The fourth-order valence-electron chi connectivity index (χ4n) is 3.86. The van der Waals surface area contributed by atoms with Gasteiger partial charge in [-0.3, -0.25) is 0 Å². The lowest BCUT2D eigenvalue weighted by atomic mass is 10.1. The summed E-state index contributed by atoms with van der Waals surface area (Å²) >= 11 is 0. The zero-order valence-electron chi connectivity index (χ0n) is 20.2. The molecule has 0 fully saturated rings. The predicted octanol–water partition coefficient (Wildman–Crippen LogP) is -7.40. The Morgan fingerprint density at radius 1 is 0.562 bits per heavy atom. The van der Waals surface area contributed by atoms with Crippen LogP contribution < -0.4 is 58.4 Å². The zero-order valence-corrected chi connectivity index (χ0v) is 21.7. The van der Waals surface area contributed by atoms with Crippen LogP contribution in [0.2, 0.25) is 0 Å². The average Bonchev–Trinajstić information content (AvgIpc) is 2.70. The molecule has 1 aromatic carbocycles. The van der Waals surface area contributed by atoms with Crippen molar-refractivity contribution in [1.29, 1.82) is 0 Å². The quantitative estimate of drug-likeness (QED) is 0.0888. The highest BCUT2D eigenvalue weighted by Gasteiger charge is 2.19. The van der Waals surface area contributed by atoms with Crippen LogP contribution >= 0.6 is 0 Å². The molecule has 190 valence electrons. The Morgan fingerprint density at radius 2 is 0.844 bits per heavy atom. The largest absolute Gasteiger partial charge is 1.00 e. The number of nitrogens with zero attached hydrogens (tertiary/aromatic N) is 2. The molecule has 0 unspecified atom stereocenters. The van der Waals surface area contributed by atoms with Crippen LogP contribution in [0.15, 0.2) is 24.3 Å². The third-order valence-electron chi connectivity index (χ3n) is 6.01. The van der Waals surface area contributed by atoms with Crippen LogP contribution in [0.4, 0.5) is 0 Å². The topological polar surface area (TPSA) is 128 Å². The molecule has 0 bridgehead atoms. The van der Waals surface area contributed by atoms with Crippen LogP contribution in [0.25, 0.3) is 0 Å². The van der Waals surface area contributed by atoms with Crippen molar-refractivity contribution in [2.24, 2.45) is 22.9 Å². The minimum absolute atomic E-state index is 0. The van der Waals surface area contributed by atoms with Gasteiger partial charge in [0.25, 0.3) is 0 Å². The Morgan fingerprint density at radius 3 is 1.09 bits per heavy atom. The molecule has 1 rings (SSSR count). The highest BCUT2D eigenvalue weighted by Crippen LogP contribution is 2.05. The first kappa shape index (κ1) is 33.7. The molecule has 0 amide bonds. The number of nitrogens with two attached hydrogens (primary N) is 4. The standard InChI is InChI=1S/C22H48N8.2ClH/c1-29(13-7-23,14-8-24)17-11-27-19-21-3-5-22(6-4-21)20-28-12-18-30(2,15-9-25)16-10-26;;/h3-6,27-28H,7-20,23-26H2,1-2H3;2*1H/q+2;;/p-2. The van der Waals surface area contributed by atoms with Gasteiger partial charge >= 0.3 is 0 Å². The smallest absolute Gasteiger partial charge is 0.0912 e. The number of benzene rings is 1. The number of rotatable bonds is 18. The Kier molecular flexibility index (Phi) is 19.8. The predicted molar refractivity (Wildman–Crippen MR) is 128 cm³/mol. The van der Waals surface area contributed by atoms with Crippen molar-refractivity contribution in [3.8, 4) is 0 Å². The van der Waals surface area contributed by atoms with Crippen molar-refractivity contribution in [1.82, 2.24) is 10.6 Å². The maximum atomic E-state index is 5.75. The van der Waals surface area contributed by atoms with Gasteiger partial charge in [-0.2, -0.15) is 0 Å². The molecule has 1 aromatic rings. The SMILES string of the molecule is C[N+](CCN)(CCN)CCNCc1ccc(CNCC[N+](C)(CCN)CCN)cc1.[Cl-].[Cl-]. The summed E-state index contributed by atoms with van der Waals surface area (Å²) in [6.45, 7) is 12.4. The number of nitrogens with one attached hydrogen (secondary N) is 2. The van der Waals surface area contributed by atoms with Gasteiger partial charge in [-0.25, -0.2) is 0 Å². The summed E-state index contributed by atoms with van der Waals surface area (Å²) in [6.07, 6.45) is 0. The summed E-state index contributed by atoms with van der Waals surface area (Å²) in [7, 11) is 4.47. The Labute approximate surface area is 208 Å². The number of halogens is 2. The van der Waals surface area contributed by atoms with Crippen molar-refractivity contribution in [2.45, 2.75) is 13.1 Å². The van der Waals surface area contributed by atoms with E-state index < -0.39 is 0 Å². The summed E-state index contributed by atoms with van der Waals surface area (Å²) in [4.78, 5) is 0. The first-order valence-electron chi connectivity index (χ1n) is 11.4. The number of hydrogen-bond acceptors (Lipinski definition) is 6. The summed E-state index contributed by atoms with van der Waals surface area (Å²) in [6, 6.07) is 8.84. The number of hydrogen-bond donors (Lipinski definition) is 6. The molecule has 0 aliphatic heterocycles. The van der Waals surface area contributed by atoms with Crippen molar-refractivity contribution >= 4 is 0 Å². The monoisotopic (exact) mass is 494 g/mol. The van der Waals surface area contributed by atoms with Crippen molar-refractivity contribution in [3.63, 3.8) is 0 Å². The molecule has 0 aliphatic rings. The van der Waals surface area contributed by atoms with Gasteiger partial charge in [0.2, 0.25) is 0 Å². The molecule has 10 N–H and O–H groups in total. The van der Waals surface area contributed by atoms with Gasteiger partial charge in [-0.1, -0.05) is 24.3 Å². The van der Waals surface area contributed by atoms with E-state index in [-0.39, 0.29) is 24.8 Å². The summed E-state index contributed by atoms with van der Waals surface area (Å²) < 4.78 is 1.86. The van der Waals surface area contributed by atoms with Gasteiger partial charge in [-0.15, -0.1) is 0 Å². The van der Waals surface area contributed by atoms with Gasteiger partial charge in [0, 0.05) is 52.4 Å². The molecule has 32 heavy (non-hydrogen) atoms. The van der Waals surface area contributed by atoms with Crippen molar-refractivity contribution < 1.29 is 33.8 Å². The van der Waals surface area contributed by atoms with Gasteiger partial charge in [0.15, 0.2) is 0 Å². The lowest BCUT2D eigenvalue weighted by Crippen LogP contribution is -3.00. The summed E-state index contributed by atoms with van der Waals surface area (Å²) in [5, 5.41) is 7.10. The zero-order chi connectivity index (χ0) is 22.3. The van der Waals surface area contributed by atoms with E-state index in [0.717, 1.165) is 74.4 Å². The lowest BCUT2D eigenvalue weighted by molar-refractivity contribution is -0.905. The second-order valence-electron chi connectivity index (χ2n) is 8.91. The Hall–Kier alpha value is -0.520.